The van der Waals surface area contributed by atoms with E-state index in [2.05, 4.69) is 27.5 Å². The third kappa shape index (κ3) is 4.29. The Morgan fingerprint density at radius 2 is 2.10 bits per heavy atom. The van der Waals surface area contributed by atoms with E-state index in [-0.39, 0.29) is 5.02 Å². The van der Waals surface area contributed by atoms with Crippen LogP contribution in [0.2, 0.25) is 5.02 Å². The standard InChI is InChI=1S/C15H18ClFN4/c1-3-6-18-15-20-8-10(2)14(21-15)19-9-11-4-5-13(17)12(16)7-11/h4-5,7-8H,3,6,9H2,1-2H3,(H2,18,19,20,21). The number of hydrogen-bond donors (Lipinski definition) is 2. The second-order valence-electron chi connectivity index (χ2n) is 4.75. The molecule has 0 bridgehead atoms. The van der Waals surface area contributed by atoms with Crippen LogP contribution in [-0.2, 0) is 6.54 Å². The van der Waals surface area contributed by atoms with Crippen molar-refractivity contribution in [1.82, 2.24) is 9.97 Å². The highest BCUT2D eigenvalue weighted by Crippen LogP contribution is 2.18. The molecular weight excluding hydrogens is 291 g/mol. The van der Waals surface area contributed by atoms with Gasteiger partial charge in [0.25, 0.3) is 0 Å². The first-order valence-electron chi connectivity index (χ1n) is 6.85. The maximum atomic E-state index is 13.1. The molecule has 0 fully saturated rings. The van der Waals surface area contributed by atoms with Crippen LogP contribution in [0.1, 0.15) is 24.5 Å². The lowest BCUT2D eigenvalue weighted by atomic mass is 10.2. The Labute approximate surface area is 128 Å². The second-order valence-corrected chi connectivity index (χ2v) is 5.16. The van der Waals surface area contributed by atoms with Gasteiger partial charge < -0.3 is 10.6 Å². The Morgan fingerprint density at radius 1 is 1.29 bits per heavy atom. The third-order valence-corrected chi connectivity index (χ3v) is 3.24. The van der Waals surface area contributed by atoms with Crippen molar-refractivity contribution in [3.8, 4) is 0 Å². The lowest BCUT2D eigenvalue weighted by Gasteiger charge is -2.11. The summed E-state index contributed by atoms with van der Waals surface area (Å²) >= 11 is 5.77. The summed E-state index contributed by atoms with van der Waals surface area (Å²) in [6.45, 7) is 5.36. The zero-order valence-electron chi connectivity index (χ0n) is 12.1. The first-order valence-corrected chi connectivity index (χ1v) is 7.23. The van der Waals surface area contributed by atoms with Crippen molar-refractivity contribution in [2.45, 2.75) is 26.8 Å². The summed E-state index contributed by atoms with van der Waals surface area (Å²) in [5.74, 6) is 0.941. The summed E-state index contributed by atoms with van der Waals surface area (Å²) in [5.41, 5.74) is 1.84. The van der Waals surface area contributed by atoms with E-state index in [4.69, 9.17) is 11.6 Å². The number of hydrogen-bond acceptors (Lipinski definition) is 4. The quantitative estimate of drug-likeness (QED) is 0.846. The molecule has 2 N–H and O–H groups in total. The van der Waals surface area contributed by atoms with E-state index in [1.54, 1.807) is 18.3 Å². The fraction of sp³-hybridized carbons (Fsp3) is 0.333. The summed E-state index contributed by atoms with van der Waals surface area (Å²) in [5, 5.41) is 6.49. The van der Waals surface area contributed by atoms with Crippen LogP contribution in [0.5, 0.6) is 0 Å². The highest BCUT2D eigenvalue weighted by Gasteiger charge is 2.05. The Balaban J connectivity index is 2.06. The molecule has 1 aromatic carbocycles. The topological polar surface area (TPSA) is 49.8 Å². The van der Waals surface area contributed by atoms with Crippen molar-refractivity contribution in [2.75, 3.05) is 17.2 Å². The molecule has 21 heavy (non-hydrogen) atoms. The predicted octanol–water partition coefficient (Wildman–Crippen LogP) is 4.01. The van der Waals surface area contributed by atoms with E-state index in [1.165, 1.54) is 6.07 Å². The van der Waals surface area contributed by atoms with E-state index in [9.17, 15) is 4.39 Å². The SMILES string of the molecule is CCCNc1ncc(C)c(NCc2ccc(F)c(Cl)c2)n1. The van der Waals surface area contributed by atoms with E-state index < -0.39 is 5.82 Å². The van der Waals surface area contributed by atoms with E-state index in [0.717, 1.165) is 29.9 Å². The van der Waals surface area contributed by atoms with Gasteiger partial charge in [0, 0.05) is 24.8 Å². The van der Waals surface area contributed by atoms with Crippen LogP contribution in [0.25, 0.3) is 0 Å². The Hall–Kier alpha value is -1.88. The van der Waals surface area contributed by atoms with Gasteiger partial charge in [0.2, 0.25) is 5.95 Å². The molecule has 4 nitrogen and oxygen atoms in total. The van der Waals surface area contributed by atoms with Crippen molar-refractivity contribution in [3.63, 3.8) is 0 Å². The van der Waals surface area contributed by atoms with Gasteiger partial charge in [-0.1, -0.05) is 24.6 Å². The molecule has 1 heterocycles. The minimum absolute atomic E-state index is 0.124. The van der Waals surface area contributed by atoms with Gasteiger partial charge >= 0.3 is 0 Å². The van der Waals surface area contributed by atoms with Gasteiger partial charge in [0.05, 0.1) is 5.02 Å². The lowest BCUT2D eigenvalue weighted by molar-refractivity contribution is 0.627. The molecule has 0 aliphatic rings. The van der Waals surface area contributed by atoms with E-state index in [1.807, 2.05) is 6.92 Å². The smallest absolute Gasteiger partial charge is 0.224 e. The third-order valence-electron chi connectivity index (χ3n) is 2.95. The summed E-state index contributed by atoms with van der Waals surface area (Å²) in [7, 11) is 0. The number of nitrogens with zero attached hydrogens (tertiary/aromatic N) is 2. The molecular formula is C15H18ClFN4. The number of nitrogens with one attached hydrogen (secondary N) is 2. The molecule has 0 radical (unpaired) electrons. The molecule has 0 aliphatic heterocycles. The van der Waals surface area contributed by atoms with Crippen molar-refractivity contribution >= 4 is 23.4 Å². The van der Waals surface area contributed by atoms with Crippen LogP contribution < -0.4 is 10.6 Å². The molecule has 6 heteroatoms. The normalized spacial score (nSPS) is 10.5. The van der Waals surface area contributed by atoms with E-state index >= 15 is 0 Å². The Morgan fingerprint density at radius 3 is 2.81 bits per heavy atom. The average Bonchev–Trinajstić information content (AvgIpc) is 2.48. The van der Waals surface area contributed by atoms with Crippen molar-refractivity contribution in [1.29, 1.82) is 0 Å². The highest BCUT2D eigenvalue weighted by molar-refractivity contribution is 6.30. The van der Waals surface area contributed by atoms with Gasteiger partial charge in [-0.15, -0.1) is 0 Å². The molecule has 1 aromatic heterocycles. The molecule has 0 aliphatic carbocycles. The molecule has 0 saturated carbocycles. The first kappa shape index (κ1) is 15.5. The monoisotopic (exact) mass is 308 g/mol. The largest absolute Gasteiger partial charge is 0.366 e. The van der Waals surface area contributed by atoms with Gasteiger partial charge in [-0.2, -0.15) is 4.98 Å². The fourth-order valence-electron chi connectivity index (χ4n) is 1.78. The van der Waals surface area contributed by atoms with E-state index in [0.29, 0.717) is 12.5 Å². The number of aryl methyl sites for hydroxylation is 1. The number of anilines is 2. The summed E-state index contributed by atoms with van der Waals surface area (Å²) in [6.07, 6.45) is 2.78. The van der Waals surface area contributed by atoms with Crippen molar-refractivity contribution in [2.24, 2.45) is 0 Å². The molecule has 0 unspecified atom stereocenters. The minimum Gasteiger partial charge on any atom is -0.366 e. The fourth-order valence-corrected chi connectivity index (χ4v) is 1.98. The maximum absolute atomic E-state index is 13.1. The van der Waals surface area contributed by atoms with Crippen LogP contribution in [0.4, 0.5) is 16.2 Å². The molecule has 0 saturated heterocycles. The zero-order chi connectivity index (χ0) is 15.2. The maximum Gasteiger partial charge on any atom is 0.224 e. The Bertz CT molecular complexity index is 619. The lowest BCUT2D eigenvalue weighted by Crippen LogP contribution is -2.09. The van der Waals surface area contributed by atoms with Gasteiger partial charge in [0.15, 0.2) is 0 Å². The number of halogens is 2. The van der Waals surface area contributed by atoms with Gasteiger partial charge in [-0.25, -0.2) is 9.37 Å². The number of aromatic nitrogens is 2. The summed E-state index contributed by atoms with van der Waals surface area (Å²) < 4.78 is 13.1. The van der Waals surface area contributed by atoms with Gasteiger partial charge in [-0.05, 0) is 31.0 Å². The molecule has 2 rings (SSSR count). The van der Waals surface area contributed by atoms with Crippen LogP contribution in [0.3, 0.4) is 0 Å². The van der Waals surface area contributed by atoms with Gasteiger partial charge in [-0.3, -0.25) is 0 Å². The van der Waals surface area contributed by atoms with Gasteiger partial charge in [0.1, 0.15) is 11.6 Å². The molecule has 2 aromatic rings. The average molecular weight is 309 g/mol. The number of rotatable bonds is 6. The molecule has 112 valence electrons. The van der Waals surface area contributed by atoms with Crippen LogP contribution >= 0.6 is 11.6 Å². The summed E-state index contributed by atoms with van der Waals surface area (Å²) in [6, 6.07) is 4.66. The second kappa shape index (κ2) is 7.22. The van der Waals surface area contributed by atoms with Crippen molar-refractivity contribution < 1.29 is 4.39 Å². The summed E-state index contributed by atoms with van der Waals surface area (Å²) in [4.78, 5) is 8.65. The zero-order valence-corrected chi connectivity index (χ0v) is 12.8. The highest BCUT2D eigenvalue weighted by atomic mass is 35.5. The Kier molecular flexibility index (Phi) is 5.33. The van der Waals surface area contributed by atoms with Crippen molar-refractivity contribution in [3.05, 3.63) is 46.4 Å². The predicted molar refractivity (Wildman–Crippen MR) is 84.3 cm³/mol. The first-order chi connectivity index (χ1) is 10.1. The van der Waals surface area contributed by atoms with Crippen LogP contribution in [0, 0.1) is 12.7 Å². The minimum atomic E-state index is -0.412. The molecule has 0 amide bonds. The van der Waals surface area contributed by atoms with Crippen LogP contribution in [0.15, 0.2) is 24.4 Å². The number of benzene rings is 1. The molecule has 0 atom stereocenters. The molecule has 0 spiro atoms. The van der Waals surface area contributed by atoms with Crippen LogP contribution in [-0.4, -0.2) is 16.5 Å².